The van der Waals surface area contributed by atoms with E-state index in [-0.39, 0.29) is 11.5 Å². The Morgan fingerprint density at radius 2 is 1.80 bits per heavy atom. The maximum absolute atomic E-state index is 14.2. The van der Waals surface area contributed by atoms with E-state index in [1.807, 2.05) is 0 Å². The highest BCUT2D eigenvalue weighted by molar-refractivity contribution is 7.99. The van der Waals surface area contributed by atoms with Crippen LogP contribution in [0.5, 0.6) is 0 Å². The minimum atomic E-state index is -0.531. The number of benzene rings is 2. The molecule has 0 unspecified atom stereocenters. The Hall–Kier alpha value is -2.57. The topological polar surface area (TPSA) is 51.5 Å². The van der Waals surface area contributed by atoms with E-state index in [9.17, 15) is 9.59 Å². The summed E-state index contributed by atoms with van der Waals surface area (Å²) >= 11 is 1.66. The van der Waals surface area contributed by atoms with E-state index in [1.165, 1.54) is 53.8 Å². The molecule has 3 aromatic rings. The molecule has 1 aliphatic carbocycles. The second-order valence-corrected chi connectivity index (χ2v) is 11.1. The van der Waals surface area contributed by atoms with Gasteiger partial charge in [0.25, 0.3) is 5.56 Å². The number of methoxy groups -OCH3 is 1. The van der Waals surface area contributed by atoms with Crippen molar-refractivity contribution in [3.8, 4) is 0 Å². The number of piperidine rings is 1. The van der Waals surface area contributed by atoms with Crippen LogP contribution in [-0.2, 0) is 22.5 Å². The molecule has 5 nitrogen and oxygen atoms in total. The number of ether oxygens (including phenoxy) is 1. The first-order valence-electron chi connectivity index (χ1n) is 12.9. The molecule has 3 aliphatic rings. The second kappa shape index (κ2) is 9.47. The van der Waals surface area contributed by atoms with Gasteiger partial charge in [0.15, 0.2) is 0 Å². The summed E-state index contributed by atoms with van der Waals surface area (Å²) in [5.41, 5.74) is 4.69. The summed E-state index contributed by atoms with van der Waals surface area (Å²) < 4.78 is 6.89. The van der Waals surface area contributed by atoms with Crippen molar-refractivity contribution in [2.45, 2.75) is 62.1 Å². The normalized spacial score (nSPS) is 20.2. The molecule has 3 heterocycles. The third-order valence-corrected chi connectivity index (χ3v) is 9.01. The summed E-state index contributed by atoms with van der Waals surface area (Å²) in [5.74, 6) is 0.735. The standard InChI is InChI=1S/C29H32N2O3S/c1-34-29(33)25-18-35-28-26(20-12-13-20)23(16-21-10-7-9-19-8-3-4-11-22(19)21)24(27(32)31(25)28)17-30-14-5-2-6-15-30/h3-4,7-11,20,25H,2,5-6,12-18H2,1H3/t25-/m0/s1. The first kappa shape index (κ1) is 22.9. The highest BCUT2D eigenvalue weighted by Crippen LogP contribution is 2.49. The van der Waals surface area contributed by atoms with Crippen LogP contribution in [0.25, 0.3) is 10.8 Å². The Balaban J connectivity index is 1.54. The average Bonchev–Trinajstić information content (AvgIpc) is 3.64. The Bertz CT molecular complexity index is 1330. The van der Waals surface area contributed by atoms with Crippen molar-refractivity contribution in [1.29, 1.82) is 0 Å². The van der Waals surface area contributed by atoms with Crippen LogP contribution >= 0.6 is 11.8 Å². The molecule has 0 N–H and O–H groups in total. The van der Waals surface area contributed by atoms with Crippen molar-refractivity contribution in [3.05, 3.63) is 75.1 Å². The zero-order valence-electron chi connectivity index (χ0n) is 20.3. The number of carbonyl (C=O) groups excluding carboxylic acids is 1. The molecule has 0 spiro atoms. The maximum Gasteiger partial charge on any atom is 0.329 e. The number of thioether (sulfide) groups is 1. The van der Waals surface area contributed by atoms with Gasteiger partial charge in [-0.25, -0.2) is 4.79 Å². The van der Waals surface area contributed by atoms with Gasteiger partial charge in [-0.2, -0.15) is 0 Å². The number of hydrogen-bond donors (Lipinski definition) is 0. The van der Waals surface area contributed by atoms with E-state index in [2.05, 4.69) is 47.4 Å². The smallest absolute Gasteiger partial charge is 0.329 e. The number of likely N-dealkylation sites (tertiary alicyclic amines) is 1. The lowest BCUT2D eigenvalue weighted by Crippen LogP contribution is -2.37. The summed E-state index contributed by atoms with van der Waals surface area (Å²) in [6.45, 7) is 2.73. The molecule has 35 heavy (non-hydrogen) atoms. The van der Waals surface area contributed by atoms with Crippen molar-refractivity contribution in [2.24, 2.45) is 0 Å². The highest BCUT2D eigenvalue weighted by Gasteiger charge is 2.40. The van der Waals surface area contributed by atoms with Gasteiger partial charge in [0.05, 0.1) is 12.1 Å². The molecular formula is C29H32N2O3S. The number of nitrogens with zero attached hydrogens (tertiary/aromatic N) is 2. The summed E-state index contributed by atoms with van der Waals surface area (Å²) in [7, 11) is 1.42. The fourth-order valence-electron chi connectivity index (χ4n) is 5.90. The van der Waals surface area contributed by atoms with Crippen molar-refractivity contribution in [2.75, 3.05) is 26.0 Å². The zero-order chi connectivity index (χ0) is 23.9. The van der Waals surface area contributed by atoms with E-state index in [0.717, 1.165) is 42.9 Å². The molecule has 1 atom stereocenters. The van der Waals surface area contributed by atoms with Gasteiger partial charge in [-0.1, -0.05) is 48.9 Å². The minimum Gasteiger partial charge on any atom is -0.467 e. The molecule has 2 fully saturated rings. The van der Waals surface area contributed by atoms with Crippen LogP contribution in [0.4, 0.5) is 0 Å². The molecule has 1 saturated carbocycles. The molecule has 1 saturated heterocycles. The Labute approximate surface area is 210 Å². The van der Waals surface area contributed by atoms with E-state index in [1.54, 1.807) is 16.3 Å². The Morgan fingerprint density at radius 3 is 2.57 bits per heavy atom. The third kappa shape index (κ3) is 4.21. The molecular weight excluding hydrogens is 456 g/mol. The van der Waals surface area contributed by atoms with E-state index < -0.39 is 6.04 Å². The van der Waals surface area contributed by atoms with Gasteiger partial charge < -0.3 is 4.74 Å². The number of aromatic nitrogens is 1. The second-order valence-electron chi connectivity index (χ2n) is 10.1. The van der Waals surface area contributed by atoms with Crippen molar-refractivity contribution in [1.82, 2.24) is 9.47 Å². The predicted molar refractivity (Wildman–Crippen MR) is 140 cm³/mol. The van der Waals surface area contributed by atoms with Gasteiger partial charge in [0, 0.05) is 17.9 Å². The van der Waals surface area contributed by atoms with Gasteiger partial charge in [-0.05, 0) is 78.6 Å². The predicted octanol–water partition coefficient (Wildman–Crippen LogP) is 5.28. The molecule has 1 aromatic heterocycles. The lowest BCUT2D eigenvalue weighted by molar-refractivity contribution is -0.143. The quantitative estimate of drug-likeness (QED) is 0.442. The van der Waals surface area contributed by atoms with Crippen molar-refractivity contribution < 1.29 is 9.53 Å². The average molecular weight is 489 g/mol. The lowest BCUT2D eigenvalue weighted by Gasteiger charge is -2.29. The number of fused-ring (bicyclic) bond motifs is 2. The summed E-state index contributed by atoms with van der Waals surface area (Å²) in [4.78, 5) is 29.2. The van der Waals surface area contributed by atoms with Crippen molar-refractivity contribution in [3.63, 3.8) is 0 Å². The number of carbonyl (C=O) groups is 1. The first-order chi connectivity index (χ1) is 17.2. The van der Waals surface area contributed by atoms with Crippen LogP contribution in [0.3, 0.4) is 0 Å². The van der Waals surface area contributed by atoms with Crippen molar-refractivity contribution >= 4 is 28.5 Å². The first-order valence-corrected chi connectivity index (χ1v) is 13.8. The van der Waals surface area contributed by atoms with E-state index in [0.29, 0.717) is 18.2 Å². The number of pyridine rings is 1. The van der Waals surface area contributed by atoms with Gasteiger partial charge in [-0.3, -0.25) is 14.3 Å². The van der Waals surface area contributed by atoms with Crippen LogP contribution in [0.2, 0.25) is 0 Å². The van der Waals surface area contributed by atoms with Gasteiger partial charge in [0.2, 0.25) is 0 Å². The lowest BCUT2D eigenvalue weighted by atomic mass is 9.91. The molecule has 0 amide bonds. The zero-order valence-corrected chi connectivity index (χ0v) is 21.1. The monoisotopic (exact) mass is 488 g/mol. The van der Waals surface area contributed by atoms with Crippen LogP contribution in [-0.4, -0.2) is 41.4 Å². The van der Waals surface area contributed by atoms with Crippen LogP contribution < -0.4 is 5.56 Å². The number of hydrogen-bond acceptors (Lipinski definition) is 5. The fourth-order valence-corrected chi connectivity index (χ4v) is 7.29. The Morgan fingerprint density at radius 1 is 1.03 bits per heavy atom. The van der Waals surface area contributed by atoms with Gasteiger partial charge in [0.1, 0.15) is 6.04 Å². The minimum absolute atomic E-state index is 0.00519. The Kier molecular flexibility index (Phi) is 6.19. The highest BCUT2D eigenvalue weighted by atomic mass is 32.2. The molecule has 2 aromatic carbocycles. The van der Waals surface area contributed by atoms with E-state index >= 15 is 0 Å². The molecule has 182 valence electrons. The molecule has 6 heteroatoms. The molecule has 0 bridgehead atoms. The van der Waals surface area contributed by atoms with E-state index in [4.69, 9.17) is 4.74 Å². The summed E-state index contributed by atoms with van der Waals surface area (Å²) in [6.07, 6.45) is 6.68. The van der Waals surface area contributed by atoms with Crippen LogP contribution in [0.1, 0.15) is 66.3 Å². The molecule has 6 rings (SSSR count). The third-order valence-electron chi connectivity index (χ3n) is 7.84. The number of rotatable bonds is 6. The maximum atomic E-state index is 14.2. The summed E-state index contributed by atoms with van der Waals surface area (Å²) in [6, 6.07) is 14.5. The number of esters is 1. The van der Waals surface area contributed by atoms with Crippen LogP contribution in [0.15, 0.2) is 52.3 Å². The van der Waals surface area contributed by atoms with Gasteiger partial charge >= 0.3 is 5.97 Å². The van der Waals surface area contributed by atoms with Gasteiger partial charge in [-0.15, -0.1) is 11.8 Å². The largest absolute Gasteiger partial charge is 0.467 e. The molecule has 0 radical (unpaired) electrons. The summed E-state index contributed by atoms with van der Waals surface area (Å²) in [5, 5.41) is 3.49. The van der Waals surface area contributed by atoms with Crippen LogP contribution in [0, 0.1) is 0 Å². The fraction of sp³-hybridized carbons (Fsp3) is 0.448. The molecule has 2 aliphatic heterocycles. The SMILES string of the molecule is COC(=O)[C@@H]1CSc2c(C3CC3)c(Cc3cccc4ccccc34)c(CN3CCCCC3)c(=O)n21.